The Hall–Kier alpha value is -2.98. The average molecular weight is 344 g/mol. The smallest absolute Gasteiger partial charge is 0.345 e. The van der Waals surface area contributed by atoms with Gasteiger partial charge in [0.2, 0.25) is 6.10 Å². The number of aliphatic hydroxyl groups is 2. The normalized spacial score (nSPS) is 10.8. The van der Waals surface area contributed by atoms with Crippen LogP contribution < -0.4 is 0 Å². The van der Waals surface area contributed by atoms with Gasteiger partial charge in [0.15, 0.2) is 0 Å². The lowest BCUT2D eigenvalue weighted by Crippen LogP contribution is -2.29. The van der Waals surface area contributed by atoms with Crippen molar-refractivity contribution < 1.29 is 49.4 Å². The number of aliphatic hydroxyl groups excluding tert-OH is 2. The lowest BCUT2D eigenvalue weighted by molar-refractivity contribution is -0.166. The van der Waals surface area contributed by atoms with Gasteiger partial charge in [0.1, 0.15) is 6.61 Å². The van der Waals surface area contributed by atoms with Gasteiger partial charge >= 0.3 is 23.9 Å². The van der Waals surface area contributed by atoms with Crippen LogP contribution in [0, 0.1) is 0 Å². The number of benzene rings is 1. The average Bonchev–Trinajstić information content (AvgIpc) is 2.54. The number of aromatic carboxylic acids is 2. The minimum absolute atomic E-state index is 0.0833. The molecule has 0 heterocycles. The van der Waals surface area contributed by atoms with Gasteiger partial charge in [-0.3, -0.25) is 0 Å². The minimum Gasteiger partial charge on any atom is -0.479 e. The minimum atomic E-state index is -1.38. The molecule has 0 spiro atoms. The molecule has 0 bridgehead atoms. The topological polar surface area (TPSA) is 179 Å². The molecule has 132 valence electrons. The monoisotopic (exact) mass is 344 g/mol. The van der Waals surface area contributed by atoms with Crippen LogP contribution in [0.5, 0.6) is 0 Å². The fourth-order valence-electron chi connectivity index (χ4n) is 1.30. The number of hydrogen-bond acceptors (Lipinski definition) is 7. The third-order valence-corrected chi connectivity index (χ3v) is 2.45. The van der Waals surface area contributed by atoms with Crippen LogP contribution in [-0.2, 0) is 14.3 Å². The third-order valence-electron chi connectivity index (χ3n) is 2.45. The molecule has 1 atom stereocenters. The standard InChI is InChI=1S/C8H6O4.C6H10O6/c9-7(10)5-1-2-6(4-3-5)8(11)12;7-2-1-4(6(10)11)12-5(9)3-8/h1-4H,(H,9,10)(H,11,12);4,7-8H,1-3H2,(H,10,11). The van der Waals surface area contributed by atoms with E-state index in [1.807, 2.05) is 0 Å². The first kappa shape index (κ1) is 21.0. The molecule has 1 aromatic carbocycles. The molecule has 0 fully saturated rings. The quantitative estimate of drug-likeness (QED) is 0.402. The van der Waals surface area contributed by atoms with Crippen molar-refractivity contribution in [2.45, 2.75) is 12.5 Å². The number of carbonyl (C=O) groups is 4. The first-order chi connectivity index (χ1) is 11.2. The van der Waals surface area contributed by atoms with Gasteiger partial charge in [-0.2, -0.15) is 0 Å². The number of aliphatic carboxylic acids is 1. The summed E-state index contributed by atoms with van der Waals surface area (Å²) >= 11 is 0. The maximum Gasteiger partial charge on any atom is 0.345 e. The van der Waals surface area contributed by atoms with E-state index in [1.54, 1.807) is 0 Å². The van der Waals surface area contributed by atoms with Crippen LogP contribution in [0.4, 0.5) is 0 Å². The van der Waals surface area contributed by atoms with Gasteiger partial charge in [-0.25, -0.2) is 19.2 Å². The molecule has 24 heavy (non-hydrogen) atoms. The van der Waals surface area contributed by atoms with Crippen molar-refractivity contribution in [3.8, 4) is 0 Å². The molecule has 0 saturated heterocycles. The maximum absolute atomic E-state index is 10.4. The van der Waals surface area contributed by atoms with Crippen LogP contribution in [0.25, 0.3) is 0 Å². The second kappa shape index (κ2) is 10.7. The van der Waals surface area contributed by atoms with E-state index in [9.17, 15) is 19.2 Å². The molecule has 5 N–H and O–H groups in total. The fraction of sp³-hybridized carbons (Fsp3) is 0.286. The molecule has 1 rings (SSSR count). The van der Waals surface area contributed by atoms with Gasteiger partial charge in [0.05, 0.1) is 11.1 Å². The van der Waals surface area contributed by atoms with Crippen molar-refractivity contribution >= 4 is 23.9 Å². The molecule has 0 amide bonds. The summed E-state index contributed by atoms with van der Waals surface area (Å²) in [6.45, 7) is -1.26. The molecule has 0 aliphatic carbocycles. The highest BCUT2D eigenvalue weighted by atomic mass is 16.6. The van der Waals surface area contributed by atoms with Gasteiger partial charge in [-0.05, 0) is 24.3 Å². The van der Waals surface area contributed by atoms with Crippen molar-refractivity contribution in [1.29, 1.82) is 0 Å². The molecule has 0 radical (unpaired) electrons. The van der Waals surface area contributed by atoms with E-state index in [1.165, 1.54) is 24.3 Å². The molecule has 0 saturated carbocycles. The first-order valence-corrected chi connectivity index (χ1v) is 6.43. The van der Waals surface area contributed by atoms with Gasteiger partial charge in [-0.15, -0.1) is 0 Å². The summed E-state index contributed by atoms with van der Waals surface area (Å²) in [5, 5.41) is 41.9. The van der Waals surface area contributed by atoms with Crippen molar-refractivity contribution in [2.24, 2.45) is 0 Å². The van der Waals surface area contributed by atoms with E-state index >= 15 is 0 Å². The second-order valence-corrected chi connectivity index (χ2v) is 4.17. The third kappa shape index (κ3) is 7.87. The zero-order valence-electron chi connectivity index (χ0n) is 12.3. The van der Waals surface area contributed by atoms with Crippen molar-refractivity contribution in [2.75, 3.05) is 13.2 Å². The molecule has 1 unspecified atom stereocenters. The van der Waals surface area contributed by atoms with Crippen molar-refractivity contribution in [3.63, 3.8) is 0 Å². The maximum atomic E-state index is 10.4. The number of hydrogen-bond donors (Lipinski definition) is 5. The van der Waals surface area contributed by atoms with Crippen LogP contribution in [0.1, 0.15) is 27.1 Å². The van der Waals surface area contributed by atoms with E-state index in [-0.39, 0.29) is 17.5 Å². The fourth-order valence-corrected chi connectivity index (χ4v) is 1.30. The molecule has 10 heteroatoms. The summed E-state index contributed by atoms with van der Waals surface area (Å²) in [5.41, 5.74) is 0.167. The second-order valence-electron chi connectivity index (χ2n) is 4.17. The van der Waals surface area contributed by atoms with E-state index in [2.05, 4.69) is 4.74 Å². The number of rotatable bonds is 7. The zero-order valence-corrected chi connectivity index (χ0v) is 12.3. The van der Waals surface area contributed by atoms with Crippen LogP contribution in [-0.4, -0.2) is 68.7 Å². The number of ether oxygens (including phenoxy) is 1. The Morgan fingerprint density at radius 3 is 1.54 bits per heavy atom. The molecular formula is C14H16O10. The highest BCUT2D eigenvalue weighted by Crippen LogP contribution is 2.03. The molecule has 0 aliphatic heterocycles. The lowest BCUT2D eigenvalue weighted by Gasteiger charge is -2.10. The van der Waals surface area contributed by atoms with Gasteiger partial charge < -0.3 is 30.3 Å². The van der Waals surface area contributed by atoms with Gasteiger partial charge in [0.25, 0.3) is 0 Å². The SMILES string of the molecule is O=C(CO)OC(CCO)C(=O)O.O=C(O)c1ccc(C(=O)O)cc1. The zero-order chi connectivity index (χ0) is 18.7. The predicted octanol–water partition coefficient (Wildman–Crippen LogP) is -0.559. The van der Waals surface area contributed by atoms with Crippen LogP contribution in [0.15, 0.2) is 24.3 Å². The Kier molecular flexibility index (Phi) is 9.37. The first-order valence-electron chi connectivity index (χ1n) is 6.43. The highest BCUT2D eigenvalue weighted by Gasteiger charge is 2.20. The Balaban J connectivity index is 0.000000441. The van der Waals surface area contributed by atoms with Gasteiger partial charge in [-0.1, -0.05) is 0 Å². The molecule has 10 nitrogen and oxygen atoms in total. The van der Waals surface area contributed by atoms with E-state index in [0.29, 0.717) is 0 Å². The van der Waals surface area contributed by atoms with E-state index in [0.717, 1.165) is 0 Å². The number of carboxylic acids is 3. The highest BCUT2D eigenvalue weighted by molar-refractivity contribution is 5.91. The number of carboxylic acid groups (broad SMARTS) is 3. The largest absolute Gasteiger partial charge is 0.479 e. The summed E-state index contributed by atoms with van der Waals surface area (Å²) in [7, 11) is 0. The summed E-state index contributed by atoms with van der Waals surface area (Å²) in [4.78, 5) is 41.3. The van der Waals surface area contributed by atoms with Crippen molar-refractivity contribution in [1.82, 2.24) is 0 Å². The Morgan fingerprint density at radius 2 is 1.29 bits per heavy atom. The van der Waals surface area contributed by atoms with E-state index < -0.39 is 43.2 Å². The van der Waals surface area contributed by atoms with Gasteiger partial charge in [0, 0.05) is 13.0 Å². The summed E-state index contributed by atoms with van der Waals surface area (Å²) in [6.07, 6.45) is -1.56. The van der Waals surface area contributed by atoms with Crippen LogP contribution >= 0.6 is 0 Å². The molecule has 0 aromatic heterocycles. The molecular weight excluding hydrogens is 328 g/mol. The Morgan fingerprint density at radius 1 is 0.875 bits per heavy atom. The van der Waals surface area contributed by atoms with E-state index in [4.69, 9.17) is 25.5 Å². The lowest BCUT2D eigenvalue weighted by atomic mass is 10.1. The predicted molar refractivity (Wildman–Crippen MR) is 76.7 cm³/mol. The Labute approximate surface area is 135 Å². The Bertz CT molecular complexity index is 543. The number of esters is 1. The summed E-state index contributed by atoms with van der Waals surface area (Å²) in [5.74, 6) is -4.49. The van der Waals surface area contributed by atoms with Crippen LogP contribution in [0.3, 0.4) is 0 Å². The summed E-state index contributed by atoms with van der Waals surface area (Å²) < 4.78 is 4.25. The summed E-state index contributed by atoms with van der Waals surface area (Å²) in [6, 6.07) is 5.02. The molecule has 0 aliphatic rings. The number of carbonyl (C=O) groups excluding carboxylic acids is 1. The van der Waals surface area contributed by atoms with Crippen molar-refractivity contribution in [3.05, 3.63) is 35.4 Å². The van der Waals surface area contributed by atoms with Crippen LogP contribution in [0.2, 0.25) is 0 Å². The molecule has 1 aromatic rings.